The monoisotopic (exact) mass is 840 g/mol. The lowest BCUT2D eigenvalue weighted by Crippen LogP contribution is -1.96. The molecule has 0 saturated heterocycles. The predicted octanol–water partition coefficient (Wildman–Crippen LogP) is 17.5. The zero-order valence-corrected chi connectivity index (χ0v) is 35.9. The van der Waals surface area contributed by atoms with Crippen LogP contribution in [0.4, 0.5) is 0 Å². The number of benzene rings is 11. The van der Waals surface area contributed by atoms with Crippen molar-refractivity contribution in [2.45, 2.75) is 0 Å². The van der Waals surface area contributed by atoms with Crippen LogP contribution in [0.5, 0.6) is 0 Å². The Morgan fingerprint density at radius 3 is 1.52 bits per heavy atom. The molecule has 2 aromatic heterocycles. The Morgan fingerprint density at radius 1 is 0.277 bits per heavy atom. The van der Waals surface area contributed by atoms with Crippen molar-refractivity contribution >= 4 is 96.1 Å². The van der Waals surface area contributed by atoms with Gasteiger partial charge < -0.3 is 0 Å². The van der Waals surface area contributed by atoms with Gasteiger partial charge in [0.15, 0.2) is 5.82 Å². The summed E-state index contributed by atoms with van der Waals surface area (Å²) in [7, 11) is 0. The maximum absolute atomic E-state index is 5.22. The van der Waals surface area contributed by atoms with Crippen LogP contribution in [-0.2, 0) is 0 Å². The van der Waals surface area contributed by atoms with E-state index in [1.54, 1.807) is 0 Å². The number of hydrogen-bond donors (Lipinski definition) is 0. The van der Waals surface area contributed by atoms with E-state index in [4.69, 9.17) is 9.97 Å². The lowest BCUT2D eigenvalue weighted by atomic mass is 9.86. The van der Waals surface area contributed by atoms with Gasteiger partial charge in [-0.1, -0.05) is 188 Å². The van der Waals surface area contributed by atoms with Crippen LogP contribution in [0.25, 0.3) is 141 Å². The Bertz CT molecular complexity index is 4220. The smallest absolute Gasteiger partial charge is 0.160 e. The number of rotatable bonds is 5. The Labute approximate surface area is 378 Å². The zero-order chi connectivity index (χ0) is 42.6. The van der Waals surface area contributed by atoms with Gasteiger partial charge in [0.1, 0.15) is 0 Å². The van der Waals surface area contributed by atoms with Gasteiger partial charge in [-0.3, -0.25) is 0 Å². The van der Waals surface area contributed by atoms with Crippen molar-refractivity contribution in [1.82, 2.24) is 9.97 Å². The molecule has 0 atom stereocenters. The summed E-state index contributed by atoms with van der Waals surface area (Å²) in [4.78, 5) is 10.4. The summed E-state index contributed by atoms with van der Waals surface area (Å²) >= 11 is 1.86. The minimum Gasteiger partial charge on any atom is -0.228 e. The third-order valence-electron chi connectivity index (χ3n) is 13.6. The molecule has 0 aliphatic carbocycles. The van der Waals surface area contributed by atoms with Crippen LogP contribution in [0.1, 0.15) is 0 Å². The highest BCUT2D eigenvalue weighted by molar-refractivity contribution is 7.26. The normalized spacial score (nSPS) is 12.0. The molecule has 2 nitrogen and oxygen atoms in total. The molecule has 0 fully saturated rings. The minimum atomic E-state index is 0.706. The summed E-state index contributed by atoms with van der Waals surface area (Å²) in [6.07, 6.45) is 0. The Kier molecular flexibility index (Phi) is 7.89. The van der Waals surface area contributed by atoms with Gasteiger partial charge in [0.05, 0.1) is 11.4 Å². The van der Waals surface area contributed by atoms with Gasteiger partial charge in [-0.05, 0) is 117 Å². The van der Waals surface area contributed by atoms with Gasteiger partial charge in [0, 0.05) is 36.9 Å². The van der Waals surface area contributed by atoms with E-state index in [9.17, 15) is 0 Å². The molecule has 300 valence electrons. The molecule has 14 rings (SSSR count). The molecule has 65 heavy (non-hydrogen) atoms. The highest BCUT2D eigenvalue weighted by Crippen LogP contribution is 2.45. The molecule has 0 amide bonds. The average molecular weight is 841 g/mol. The summed E-state index contributed by atoms with van der Waals surface area (Å²) in [5.41, 5.74) is 9.62. The Hall–Kier alpha value is -8.24. The van der Waals surface area contributed by atoms with E-state index in [-0.39, 0.29) is 0 Å². The summed E-state index contributed by atoms with van der Waals surface area (Å²) in [5.74, 6) is 0.706. The zero-order valence-electron chi connectivity index (χ0n) is 35.1. The topological polar surface area (TPSA) is 25.8 Å². The maximum atomic E-state index is 5.22. The molecule has 0 N–H and O–H groups in total. The lowest BCUT2D eigenvalue weighted by Gasteiger charge is -2.17. The van der Waals surface area contributed by atoms with Crippen LogP contribution < -0.4 is 0 Å². The van der Waals surface area contributed by atoms with Crippen LogP contribution in [0, 0.1) is 0 Å². The summed E-state index contributed by atoms with van der Waals surface area (Å²) in [6.45, 7) is 0. The van der Waals surface area contributed by atoms with E-state index >= 15 is 0 Å². The number of aromatic nitrogens is 2. The quantitative estimate of drug-likeness (QED) is 0.161. The van der Waals surface area contributed by atoms with Crippen LogP contribution in [-0.4, -0.2) is 9.97 Å². The van der Waals surface area contributed by atoms with Crippen LogP contribution in [0.15, 0.2) is 218 Å². The molecule has 3 heteroatoms. The molecule has 2 heterocycles. The molecule has 0 saturated carbocycles. The summed E-state index contributed by atoms with van der Waals surface area (Å²) in [6, 6.07) is 79.9. The first-order valence-corrected chi connectivity index (χ1v) is 23.0. The van der Waals surface area contributed by atoms with Gasteiger partial charge in [-0.25, -0.2) is 9.97 Å². The highest BCUT2D eigenvalue weighted by atomic mass is 32.1. The van der Waals surface area contributed by atoms with Crippen molar-refractivity contribution in [2.24, 2.45) is 0 Å². The molecule has 0 aliphatic rings. The van der Waals surface area contributed by atoms with E-state index in [1.807, 2.05) is 17.4 Å². The predicted molar refractivity (Wildman–Crippen MR) is 278 cm³/mol. The molecule has 0 unspecified atom stereocenters. The summed E-state index contributed by atoms with van der Waals surface area (Å²) in [5, 5.41) is 18.0. The van der Waals surface area contributed by atoms with Gasteiger partial charge in [-0.15, -0.1) is 11.3 Å². The van der Waals surface area contributed by atoms with Crippen LogP contribution >= 0.6 is 11.3 Å². The van der Waals surface area contributed by atoms with Gasteiger partial charge in [-0.2, -0.15) is 0 Å². The molecule has 0 spiro atoms. The van der Waals surface area contributed by atoms with Crippen molar-refractivity contribution in [2.75, 3.05) is 0 Å². The Morgan fingerprint density at radius 2 is 0.800 bits per heavy atom. The van der Waals surface area contributed by atoms with E-state index in [0.29, 0.717) is 5.82 Å². The van der Waals surface area contributed by atoms with Crippen molar-refractivity contribution in [3.63, 3.8) is 0 Å². The number of fused-ring (bicyclic) bond motifs is 5. The second-order valence-electron chi connectivity index (χ2n) is 17.2. The fourth-order valence-corrected chi connectivity index (χ4v) is 11.8. The second kappa shape index (κ2) is 14.1. The number of nitrogens with zero attached hydrogens (tertiary/aromatic N) is 2. The molecular formula is C62H36N2S. The highest BCUT2D eigenvalue weighted by Gasteiger charge is 2.18. The first kappa shape index (κ1) is 36.3. The standard InChI is InChI=1S/C62H36N2S/c1-2-11-42(12-3-1)62-63-54(36-55(64-62)44-17-6-16-43(33-44)47-19-10-23-52-48-18-4-5-24-56(48)65-61(47)52)38-27-25-37(26-28-38)46-34-45-32-31-41-14-8-21-50-49-20-7-13-39-29-30-40-15-9-22-51(59(40)57(39)49)53(35-46)60(45)58(41)50/h1-36H. The van der Waals surface area contributed by atoms with Gasteiger partial charge in [0.2, 0.25) is 0 Å². The number of hydrogen-bond acceptors (Lipinski definition) is 3. The molecule has 12 aromatic carbocycles. The molecule has 14 aromatic rings. The van der Waals surface area contributed by atoms with Crippen LogP contribution in [0.2, 0.25) is 0 Å². The van der Waals surface area contributed by atoms with Gasteiger partial charge >= 0.3 is 0 Å². The maximum Gasteiger partial charge on any atom is 0.160 e. The van der Waals surface area contributed by atoms with E-state index < -0.39 is 0 Å². The second-order valence-corrected chi connectivity index (χ2v) is 18.3. The molecule has 0 aliphatic heterocycles. The van der Waals surface area contributed by atoms with Crippen molar-refractivity contribution in [3.05, 3.63) is 218 Å². The third kappa shape index (κ3) is 5.66. The van der Waals surface area contributed by atoms with Crippen molar-refractivity contribution in [1.29, 1.82) is 0 Å². The fourth-order valence-electron chi connectivity index (χ4n) is 10.6. The largest absolute Gasteiger partial charge is 0.228 e. The van der Waals surface area contributed by atoms with Crippen LogP contribution in [0.3, 0.4) is 0 Å². The Balaban J connectivity index is 0.924. The SMILES string of the molecule is c1ccc(-c2nc(-c3ccc(-c4cc5ccc6cccc7c8cccc9ccc%10cccc(c(c4)c5c67)c%10c98)cc3)cc(-c3cccc(-c4cccc5c4sc4ccccc45)c3)n2)cc1. The first-order valence-electron chi connectivity index (χ1n) is 22.2. The summed E-state index contributed by atoms with van der Waals surface area (Å²) < 4.78 is 2.61. The van der Waals surface area contributed by atoms with E-state index in [2.05, 4.69) is 212 Å². The number of thiophene rings is 1. The molecule has 0 bridgehead atoms. The molecule has 0 radical (unpaired) electrons. The van der Waals surface area contributed by atoms with E-state index in [1.165, 1.54) is 101 Å². The average Bonchev–Trinajstić information content (AvgIpc) is 3.76. The van der Waals surface area contributed by atoms with E-state index in [0.717, 1.165) is 33.6 Å². The molecular weight excluding hydrogens is 805 g/mol. The lowest BCUT2D eigenvalue weighted by molar-refractivity contribution is 1.18. The minimum absolute atomic E-state index is 0.706. The fraction of sp³-hybridized carbons (Fsp3) is 0. The van der Waals surface area contributed by atoms with Gasteiger partial charge in [0.25, 0.3) is 0 Å². The third-order valence-corrected chi connectivity index (χ3v) is 14.8. The van der Waals surface area contributed by atoms with Crippen molar-refractivity contribution in [3.8, 4) is 56.2 Å². The first-order chi connectivity index (χ1) is 32.2. The van der Waals surface area contributed by atoms with Crippen molar-refractivity contribution < 1.29 is 0 Å².